The van der Waals surface area contributed by atoms with Crippen molar-refractivity contribution in [3.05, 3.63) is 131 Å². The summed E-state index contributed by atoms with van der Waals surface area (Å²) >= 11 is 0. The van der Waals surface area contributed by atoms with Crippen LogP contribution >= 0.6 is 0 Å². The fourth-order valence-corrected chi connectivity index (χ4v) is 3.17. The molecule has 170 valence electrons. The Labute approximate surface area is 197 Å². The van der Waals surface area contributed by atoms with E-state index in [1.807, 2.05) is 36.4 Å². The summed E-state index contributed by atoms with van der Waals surface area (Å²) in [5.74, 6) is 0.420. The zero-order valence-corrected chi connectivity index (χ0v) is 18.4. The fourth-order valence-electron chi connectivity index (χ4n) is 3.17. The highest BCUT2D eigenvalue weighted by Crippen LogP contribution is 2.19. The number of nitrogens with one attached hydrogen (secondary N) is 1. The fraction of sp³-hybridized carbons (Fsp3) is 0.0714. The molecule has 4 aromatic carbocycles. The van der Waals surface area contributed by atoms with Crippen molar-refractivity contribution in [2.75, 3.05) is 0 Å². The molecule has 6 heteroatoms. The lowest BCUT2D eigenvalue weighted by Crippen LogP contribution is -2.18. The molecular formula is C28H23FN2O3. The van der Waals surface area contributed by atoms with Gasteiger partial charge in [0.05, 0.1) is 11.8 Å². The van der Waals surface area contributed by atoms with Crippen LogP contribution in [-0.4, -0.2) is 12.1 Å². The highest BCUT2D eigenvalue weighted by molar-refractivity contribution is 5.97. The Hall–Kier alpha value is -4.45. The zero-order chi connectivity index (χ0) is 23.6. The number of rotatable bonds is 9. The van der Waals surface area contributed by atoms with Crippen molar-refractivity contribution in [3.8, 4) is 11.5 Å². The van der Waals surface area contributed by atoms with E-state index in [2.05, 4.69) is 10.5 Å². The molecule has 34 heavy (non-hydrogen) atoms. The molecule has 0 spiro atoms. The summed E-state index contributed by atoms with van der Waals surface area (Å²) in [6.07, 6.45) is 1.53. The van der Waals surface area contributed by atoms with Gasteiger partial charge in [-0.3, -0.25) is 4.79 Å². The van der Waals surface area contributed by atoms with E-state index in [1.54, 1.807) is 60.7 Å². The number of halogens is 1. The second-order valence-electron chi connectivity index (χ2n) is 7.42. The lowest BCUT2D eigenvalue weighted by Gasteiger charge is -2.10. The number of ether oxygens (including phenoxy) is 2. The van der Waals surface area contributed by atoms with Gasteiger partial charge in [0.25, 0.3) is 5.91 Å². The second-order valence-corrected chi connectivity index (χ2v) is 7.42. The number of benzene rings is 4. The monoisotopic (exact) mass is 454 g/mol. The molecule has 0 saturated heterocycles. The quantitative estimate of drug-likeness (QED) is 0.259. The summed E-state index contributed by atoms with van der Waals surface area (Å²) < 4.78 is 25.2. The molecule has 4 aromatic rings. The topological polar surface area (TPSA) is 59.9 Å². The van der Waals surface area contributed by atoms with Crippen LogP contribution in [0.4, 0.5) is 4.39 Å². The molecule has 5 nitrogen and oxygen atoms in total. The highest BCUT2D eigenvalue weighted by Gasteiger charge is 2.11. The van der Waals surface area contributed by atoms with Gasteiger partial charge in [0.1, 0.15) is 30.5 Å². The van der Waals surface area contributed by atoms with Gasteiger partial charge >= 0.3 is 0 Å². The Morgan fingerprint density at radius 1 is 0.794 bits per heavy atom. The van der Waals surface area contributed by atoms with Crippen LogP contribution in [0.2, 0.25) is 0 Å². The van der Waals surface area contributed by atoms with E-state index >= 15 is 0 Å². The molecule has 0 bridgehead atoms. The van der Waals surface area contributed by atoms with Crippen molar-refractivity contribution in [1.82, 2.24) is 5.43 Å². The Kier molecular flexibility index (Phi) is 7.64. The van der Waals surface area contributed by atoms with E-state index < -0.39 is 0 Å². The lowest BCUT2D eigenvalue weighted by molar-refractivity contribution is 0.0950. The predicted octanol–water partition coefficient (Wildman–Crippen LogP) is 5.75. The first kappa shape index (κ1) is 22.7. The molecule has 4 rings (SSSR count). The van der Waals surface area contributed by atoms with Crippen molar-refractivity contribution >= 4 is 12.1 Å². The Bertz CT molecular complexity index is 1260. The smallest absolute Gasteiger partial charge is 0.275 e. The van der Waals surface area contributed by atoms with E-state index in [9.17, 15) is 9.18 Å². The molecule has 0 aromatic heterocycles. The van der Waals surface area contributed by atoms with Gasteiger partial charge in [0.15, 0.2) is 0 Å². The van der Waals surface area contributed by atoms with Crippen LogP contribution in [-0.2, 0) is 13.2 Å². The number of carbonyl (C=O) groups is 1. The number of hydrazone groups is 1. The second kappa shape index (κ2) is 11.4. The molecule has 0 heterocycles. The predicted molar refractivity (Wildman–Crippen MR) is 129 cm³/mol. The van der Waals surface area contributed by atoms with Gasteiger partial charge in [0.2, 0.25) is 0 Å². The van der Waals surface area contributed by atoms with Crippen molar-refractivity contribution in [2.45, 2.75) is 13.2 Å². The lowest BCUT2D eigenvalue weighted by atomic mass is 10.2. The maximum Gasteiger partial charge on any atom is 0.275 e. The van der Waals surface area contributed by atoms with Gasteiger partial charge in [-0.1, -0.05) is 60.7 Å². The third-order valence-corrected chi connectivity index (χ3v) is 4.98. The van der Waals surface area contributed by atoms with Gasteiger partial charge in [-0.05, 0) is 53.6 Å². The summed E-state index contributed by atoms with van der Waals surface area (Å²) in [5, 5.41) is 4.04. The normalized spacial score (nSPS) is 10.7. The largest absolute Gasteiger partial charge is 0.489 e. The maximum absolute atomic E-state index is 13.7. The third-order valence-electron chi connectivity index (χ3n) is 4.98. The van der Waals surface area contributed by atoms with Crippen molar-refractivity contribution in [3.63, 3.8) is 0 Å². The van der Waals surface area contributed by atoms with Crippen LogP contribution in [0.25, 0.3) is 0 Å². The standard InChI is InChI=1S/C28H23FN2O3/c29-26-12-6-4-10-23(26)20-33-24-16-14-21(15-17-24)18-30-31-28(32)25-11-5-7-13-27(25)34-19-22-8-2-1-3-9-22/h1-18H,19-20H2,(H,31,32)/b30-18+. The van der Waals surface area contributed by atoms with Crippen molar-refractivity contribution in [2.24, 2.45) is 5.10 Å². The van der Waals surface area contributed by atoms with E-state index in [0.29, 0.717) is 29.2 Å². The minimum Gasteiger partial charge on any atom is -0.489 e. The number of carbonyl (C=O) groups excluding carboxylic acids is 1. The molecular weight excluding hydrogens is 431 g/mol. The Balaban J connectivity index is 1.31. The first-order valence-corrected chi connectivity index (χ1v) is 10.7. The van der Waals surface area contributed by atoms with Crippen LogP contribution in [0.5, 0.6) is 11.5 Å². The molecule has 1 amide bonds. The van der Waals surface area contributed by atoms with Gasteiger partial charge in [-0.2, -0.15) is 5.10 Å². The maximum atomic E-state index is 13.7. The van der Waals surface area contributed by atoms with Crippen LogP contribution in [0.15, 0.2) is 108 Å². The van der Waals surface area contributed by atoms with E-state index in [1.165, 1.54) is 12.3 Å². The van der Waals surface area contributed by atoms with Crippen LogP contribution in [0.3, 0.4) is 0 Å². The average molecular weight is 455 g/mol. The SMILES string of the molecule is O=C(N/N=C/c1ccc(OCc2ccccc2F)cc1)c1ccccc1OCc1ccccc1. The van der Waals surface area contributed by atoms with Gasteiger partial charge in [-0.15, -0.1) is 0 Å². The number of para-hydroxylation sites is 1. The van der Waals surface area contributed by atoms with Crippen LogP contribution in [0.1, 0.15) is 27.0 Å². The number of hydrogen-bond acceptors (Lipinski definition) is 4. The van der Waals surface area contributed by atoms with Crippen molar-refractivity contribution in [1.29, 1.82) is 0 Å². The molecule has 0 atom stereocenters. The molecule has 0 fully saturated rings. The molecule has 1 N–H and O–H groups in total. The third kappa shape index (κ3) is 6.29. The van der Waals surface area contributed by atoms with Crippen LogP contribution < -0.4 is 14.9 Å². The zero-order valence-electron chi connectivity index (χ0n) is 18.4. The van der Waals surface area contributed by atoms with Crippen LogP contribution in [0, 0.1) is 5.82 Å². The highest BCUT2D eigenvalue weighted by atomic mass is 19.1. The molecule has 0 aliphatic rings. The Morgan fingerprint density at radius 2 is 1.50 bits per heavy atom. The first-order valence-electron chi connectivity index (χ1n) is 10.7. The van der Waals surface area contributed by atoms with E-state index in [4.69, 9.17) is 9.47 Å². The minimum absolute atomic E-state index is 0.141. The summed E-state index contributed by atoms with van der Waals surface area (Å²) in [4.78, 5) is 12.6. The molecule has 0 aliphatic heterocycles. The minimum atomic E-state index is -0.371. The number of nitrogens with zero attached hydrogens (tertiary/aromatic N) is 1. The number of hydrogen-bond donors (Lipinski definition) is 1. The molecule has 0 aliphatic carbocycles. The molecule has 0 radical (unpaired) electrons. The van der Waals surface area contributed by atoms with E-state index in [0.717, 1.165) is 11.1 Å². The van der Waals surface area contributed by atoms with Gasteiger partial charge in [-0.25, -0.2) is 9.82 Å². The van der Waals surface area contributed by atoms with Gasteiger partial charge in [0, 0.05) is 5.56 Å². The summed E-state index contributed by atoms with van der Waals surface area (Å²) in [7, 11) is 0. The Morgan fingerprint density at radius 3 is 2.29 bits per heavy atom. The summed E-state index contributed by atoms with van der Waals surface area (Å²) in [5.41, 5.74) is 5.20. The summed E-state index contributed by atoms with van der Waals surface area (Å²) in [6, 6.07) is 30.4. The molecule has 0 saturated carbocycles. The number of amides is 1. The summed E-state index contributed by atoms with van der Waals surface area (Å²) in [6.45, 7) is 0.502. The average Bonchev–Trinajstić information content (AvgIpc) is 2.88. The van der Waals surface area contributed by atoms with Crippen molar-refractivity contribution < 1.29 is 18.7 Å². The van der Waals surface area contributed by atoms with Gasteiger partial charge < -0.3 is 9.47 Å². The van der Waals surface area contributed by atoms with E-state index in [-0.39, 0.29) is 18.3 Å². The molecule has 0 unspecified atom stereocenters. The first-order chi connectivity index (χ1) is 16.7.